The number of ether oxygens (including phenoxy) is 2. The van der Waals surface area contributed by atoms with E-state index in [4.69, 9.17) is 9.47 Å². The van der Waals surface area contributed by atoms with Crippen LogP contribution in [0.2, 0.25) is 0 Å². The van der Waals surface area contributed by atoms with Gasteiger partial charge in [0.25, 0.3) is 0 Å². The van der Waals surface area contributed by atoms with E-state index >= 15 is 0 Å². The zero-order valence-electron chi connectivity index (χ0n) is 12.0. The molecule has 4 heteroatoms. The Balaban J connectivity index is 2.70. The minimum atomic E-state index is 0.0647. The molecule has 0 radical (unpaired) electrons. The van der Waals surface area contributed by atoms with Gasteiger partial charge in [0.05, 0.1) is 12.3 Å². The third kappa shape index (κ3) is 5.47. The third-order valence-electron chi connectivity index (χ3n) is 2.40. The summed E-state index contributed by atoms with van der Waals surface area (Å²) in [5, 5.41) is 3.42. The van der Waals surface area contributed by atoms with Gasteiger partial charge in [-0.05, 0) is 39.8 Å². The molecule has 0 spiro atoms. The molecule has 102 valence electrons. The van der Waals surface area contributed by atoms with Gasteiger partial charge >= 0.3 is 0 Å². The Kier molecular flexibility index (Phi) is 5.56. The molecular formula is C14H24N2O2. The first kappa shape index (κ1) is 14.9. The Labute approximate surface area is 110 Å². The van der Waals surface area contributed by atoms with Crippen LogP contribution < -0.4 is 10.1 Å². The predicted octanol–water partition coefficient (Wildman–Crippen LogP) is 2.30. The molecule has 1 heterocycles. The minimum Gasteiger partial charge on any atom is -0.489 e. The van der Waals surface area contributed by atoms with Gasteiger partial charge in [0.15, 0.2) is 0 Å². The van der Waals surface area contributed by atoms with Crippen LogP contribution in [-0.2, 0) is 11.3 Å². The maximum Gasteiger partial charge on any atom is 0.142 e. The van der Waals surface area contributed by atoms with E-state index in [0.717, 1.165) is 17.1 Å². The smallest absolute Gasteiger partial charge is 0.142 e. The van der Waals surface area contributed by atoms with Crippen molar-refractivity contribution in [3.05, 3.63) is 23.5 Å². The highest BCUT2D eigenvalue weighted by Gasteiger charge is 2.12. The molecule has 4 nitrogen and oxygen atoms in total. The summed E-state index contributed by atoms with van der Waals surface area (Å²) in [5.74, 6) is 0.828. The first-order valence-corrected chi connectivity index (χ1v) is 6.25. The number of hydrogen-bond acceptors (Lipinski definition) is 4. The van der Waals surface area contributed by atoms with E-state index in [2.05, 4.69) is 31.1 Å². The lowest BCUT2D eigenvalue weighted by Crippen LogP contribution is -2.35. The molecule has 0 saturated heterocycles. The zero-order chi connectivity index (χ0) is 13.6. The summed E-state index contributed by atoms with van der Waals surface area (Å²) >= 11 is 0. The van der Waals surface area contributed by atoms with Crippen molar-refractivity contribution in [2.75, 3.05) is 20.3 Å². The second-order valence-corrected chi connectivity index (χ2v) is 5.34. The lowest BCUT2D eigenvalue weighted by molar-refractivity contribution is 0.145. The summed E-state index contributed by atoms with van der Waals surface area (Å²) in [4.78, 5) is 4.53. The summed E-state index contributed by atoms with van der Waals surface area (Å²) in [7, 11) is 1.67. The van der Waals surface area contributed by atoms with E-state index in [9.17, 15) is 0 Å². The van der Waals surface area contributed by atoms with E-state index < -0.39 is 0 Å². The maximum absolute atomic E-state index is 5.67. The third-order valence-corrected chi connectivity index (χ3v) is 2.40. The van der Waals surface area contributed by atoms with Crippen LogP contribution in [0.4, 0.5) is 0 Å². The lowest BCUT2D eigenvalue weighted by atomic mass is 10.1. The fourth-order valence-corrected chi connectivity index (χ4v) is 1.44. The highest BCUT2D eigenvalue weighted by Crippen LogP contribution is 2.17. The molecule has 1 rings (SSSR count). The van der Waals surface area contributed by atoms with Crippen molar-refractivity contribution < 1.29 is 9.47 Å². The number of rotatable bonds is 6. The number of nitrogens with one attached hydrogen (secondary N) is 1. The summed E-state index contributed by atoms with van der Waals surface area (Å²) in [6.45, 7) is 10.2. The Hall–Kier alpha value is -1.13. The molecule has 0 unspecified atom stereocenters. The summed E-state index contributed by atoms with van der Waals surface area (Å²) < 4.78 is 10.7. The summed E-state index contributed by atoms with van der Waals surface area (Å²) in [6, 6.07) is 3.93. The monoisotopic (exact) mass is 252 g/mol. The molecule has 0 saturated carbocycles. The number of pyridine rings is 1. The van der Waals surface area contributed by atoms with E-state index in [1.54, 1.807) is 7.11 Å². The largest absolute Gasteiger partial charge is 0.489 e. The van der Waals surface area contributed by atoms with Gasteiger partial charge in [-0.25, -0.2) is 0 Å². The predicted molar refractivity (Wildman–Crippen MR) is 72.9 cm³/mol. The molecule has 0 aliphatic rings. The standard InChI is InChI=1S/C14H24N2O2/c1-11-6-7-13(18-9-8-17-5)12(16-11)10-15-14(2,3)4/h6-7,15H,8-10H2,1-5H3. The van der Waals surface area contributed by atoms with Crippen molar-refractivity contribution in [1.29, 1.82) is 0 Å². The van der Waals surface area contributed by atoms with Gasteiger partial charge in [-0.3, -0.25) is 4.98 Å². The van der Waals surface area contributed by atoms with Gasteiger partial charge in [-0.2, -0.15) is 0 Å². The van der Waals surface area contributed by atoms with E-state index in [1.807, 2.05) is 19.1 Å². The minimum absolute atomic E-state index is 0.0647. The normalized spacial score (nSPS) is 11.6. The molecule has 1 N–H and O–H groups in total. The van der Waals surface area contributed by atoms with Gasteiger partial charge in [0, 0.05) is 24.9 Å². The molecule has 0 aliphatic carbocycles. The van der Waals surface area contributed by atoms with E-state index in [-0.39, 0.29) is 5.54 Å². The number of aromatic nitrogens is 1. The molecule has 0 atom stereocenters. The summed E-state index contributed by atoms with van der Waals surface area (Å²) in [5.41, 5.74) is 2.01. The Morgan fingerprint density at radius 2 is 1.94 bits per heavy atom. The molecule has 0 aliphatic heterocycles. The highest BCUT2D eigenvalue weighted by molar-refractivity contribution is 5.29. The Morgan fingerprint density at radius 1 is 1.22 bits per heavy atom. The first-order chi connectivity index (χ1) is 8.42. The average Bonchev–Trinajstić information content (AvgIpc) is 2.28. The quantitative estimate of drug-likeness (QED) is 0.789. The average molecular weight is 252 g/mol. The number of aryl methyl sites for hydroxylation is 1. The maximum atomic E-state index is 5.67. The van der Waals surface area contributed by atoms with Crippen molar-refractivity contribution in [1.82, 2.24) is 10.3 Å². The molecule has 18 heavy (non-hydrogen) atoms. The Bertz CT molecular complexity index is 373. The molecule has 0 aromatic carbocycles. The van der Waals surface area contributed by atoms with Crippen LogP contribution in [0.3, 0.4) is 0 Å². The molecule has 1 aromatic heterocycles. The number of methoxy groups -OCH3 is 1. The number of nitrogens with zero attached hydrogens (tertiary/aromatic N) is 1. The Morgan fingerprint density at radius 3 is 2.56 bits per heavy atom. The second-order valence-electron chi connectivity index (χ2n) is 5.34. The van der Waals surface area contributed by atoms with Crippen LogP contribution in [-0.4, -0.2) is 30.8 Å². The van der Waals surface area contributed by atoms with Crippen LogP contribution in [0.5, 0.6) is 5.75 Å². The van der Waals surface area contributed by atoms with Crippen LogP contribution in [0, 0.1) is 6.92 Å². The molecule has 1 aromatic rings. The van der Waals surface area contributed by atoms with Gasteiger partial charge in [0.2, 0.25) is 0 Å². The highest BCUT2D eigenvalue weighted by atomic mass is 16.5. The van der Waals surface area contributed by atoms with Crippen LogP contribution in [0.25, 0.3) is 0 Å². The fourth-order valence-electron chi connectivity index (χ4n) is 1.44. The zero-order valence-corrected chi connectivity index (χ0v) is 12.0. The van der Waals surface area contributed by atoms with E-state index in [0.29, 0.717) is 19.8 Å². The first-order valence-electron chi connectivity index (χ1n) is 6.25. The van der Waals surface area contributed by atoms with Gasteiger partial charge in [-0.1, -0.05) is 0 Å². The SMILES string of the molecule is COCCOc1ccc(C)nc1CNC(C)(C)C. The molecule has 0 bridgehead atoms. The molecule has 0 amide bonds. The van der Waals surface area contributed by atoms with Crippen molar-refractivity contribution in [3.63, 3.8) is 0 Å². The van der Waals surface area contributed by atoms with Crippen molar-refractivity contribution in [2.24, 2.45) is 0 Å². The van der Waals surface area contributed by atoms with E-state index in [1.165, 1.54) is 0 Å². The summed E-state index contributed by atoms with van der Waals surface area (Å²) in [6.07, 6.45) is 0. The van der Waals surface area contributed by atoms with Crippen LogP contribution in [0.1, 0.15) is 32.2 Å². The topological polar surface area (TPSA) is 43.4 Å². The van der Waals surface area contributed by atoms with Crippen molar-refractivity contribution in [3.8, 4) is 5.75 Å². The lowest BCUT2D eigenvalue weighted by Gasteiger charge is -2.21. The van der Waals surface area contributed by atoms with Crippen molar-refractivity contribution >= 4 is 0 Å². The van der Waals surface area contributed by atoms with Gasteiger partial charge in [0.1, 0.15) is 12.4 Å². The van der Waals surface area contributed by atoms with Crippen molar-refractivity contribution in [2.45, 2.75) is 39.8 Å². The van der Waals surface area contributed by atoms with Crippen LogP contribution >= 0.6 is 0 Å². The molecule has 0 fully saturated rings. The van der Waals surface area contributed by atoms with Gasteiger partial charge in [-0.15, -0.1) is 0 Å². The van der Waals surface area contributed by atoms with Gasteiger partial charge < -0.3 is 14.8 Å². The van der Waals surface area contributed by atoms with Crippen LogP contribution in [0.15, 0.2) is 12.1 Å². The molecular weight excluding hydrogens is 228 g/mol. The fraction of sp³-hybridized carbons (Fsp3) is 0.643. The second kappa shape index (κ2) is 6.71. The number of hydrogen-bond donors (Lipinski definition) is 1.